The number of carbonyl (C=O) groups excluding carboxylic acids is 2. The number of hydrogen-bond acceptors (Lipinski definition) is 7. The number of ether oxygens (including phenoxy) is 2. The normalized spacial score (nSPS) is 10.8. The zero-order valence-corrected chi connectivity index (χ0v) is 16.4. The minimum Gasteiger partial charge on any atom is -0.504 e. The molecule has 156 valence electrons. The Hall–Kier alpha value is -3.59. The number of halogens is 1. The van der Waals surface area contributed by atoms with Crippen molar-refractivity contribution in [3.63, 3.8) is 0 Å². The number of esters is 1. The lowest BCUT2D eigenvalue weighted by atomic mass is 10.0. The molecule has 30 heavy (non-hydrogen) atoms. The molecule has 9 heteroatoms. The number of pyridine rings is 2. The molecular formula is C21H20FN3O5. The van der Waals surface area contributed by atoms with Crippen molar-refractivity contribution in [2.45, 2.75) is 6.42 Å². The molecule has 1 amide bonds. The van der Waals surface area contributed by atoms with Crippen molar-refractivity contribution in [3.05, 3.63) is 64.9 Å². The number of fused-ring (bicyclic) bond motifs is 1. The molecule has 1 aromatic carbocycles. The molecule has 0 spiro atoms. The van der Waals surface area contributed by atoms with Crippen molar-refractivity contribution in [1.29, 1.82) is 0 Å². The zero-order valence-electron chi connectivity index (χ0n) is 16.4. The summed E-state index contributed by atoms with van der Waals surface area (Å²) >= 11 is 0. The molecule has 0 saturated carbocycles. The van der Waals surface area contributed by atoms with Crippen LogP contribution in [0.15, 0.2) is 36.5 Å². The second-order valence-electron chi connectivity index (χ2n) is 6.44. The molecule has 2 N–H and O–H groups in total. The lowest BCUT2D eigenvalue weighted by Gasteiger charge is -2.12. The summed E-state index contributed by atoms with van der Waals surface area (Å²) in [6.07, 6.45) is 1.94. The Kier molecular flexibility index (Phi) is 6.53. The van der Waals surface area contributed by atoms with Crippen LogP contribution in [0, 0.1) is 5.82 Å². The van der Waals surface area contributed by atoms with Gasteiger partial charge in [0.15, 0.2) is 11.4 Å². The van der Waals surface area contributed by atoms with Crippen LogP contribution in [-0.4, -0.2) is 54.3 Å². The van der Waals surface area contributed by atoms with Gasteiger partial charge in [-0.1, -0.05) is 12.1 Å². The summed E-state index contributed by atoms with van der Waals surface area (Å²) in [5.41, 5.74) is 1.12. The van der Waals surface area contributed by atoms with Gasteiger partial charge in [-0.15, -0.1) is 0 Å². The van der Waals surface area contributed by atoms with Gasteiger partial charge >= 0.3 is 5.97 Å². The Labute approximate surface area is 171 Å². The molecule has 0 aliphatic carbocycles. The van der Waals surface area contributed by atoms with Crippen LogP contribution in [0.5, 0.6) is 5.75 Å². The highest BCUT2D eigenvalue weighted by atomic mass is 19.1. The average molecular weight is 413 g/mol. The van der Waals surface area contributed by atoms with Crippen molar-refractivity contribution in [1.82, 2.24) is 15.3 Å². The number of nitrogens with zero attached hydrogens (tertiary/aromatic N) is 2. The van der Waals surface area contributed by atoms with Gasteiger partial charge in [0.05, 0.1) is 13.7 Å². The molecule has 2 aromatic heterocycles. The molecule has 3 aromatic rings. The lowest BCUT2D eigenvalue weighted by molar-refractivity contribution is 0.0590. The summed E-state index contributed by atoms with van der Waals surface area (Å²) < 4.78 is 22.7. The summed E-state index contributed by atoms with van der Waals surface area (Å²) in [7, 11) is 2.65. The van der Waals surface area contributed by atoms with E-state index in [9.17, 15) is 19.1 Å². The molecular weight excluding hydrogens is 393 g/mol. The van der Waals surface area contributed by atoms with Crippen LogP contribution in [-0.2, 0) is 15.9 Å². The first kappa shape index (κ1) is 21.1. The minimum atomic E-state index is -0.891. The van der Waals surface area contributed by atoms with Crippen molar-refractivity contribution in [3.8, 4) is 5.75 Å². The quantitative estimate of drug-likeness (QED) is 0.451. The zero-order chi connectivity index (χ0) is 21.7. The molecule has 0 saturated heterocycles. The number of methoxy groups -OCH3 is 2. The van der Waals surface area contributed by atoms with Gasteiger partial charge in [-0.2, -0.15) is 0 Å². The summed E-state index contributed by atoms with van der Waals surface area (Å²) in [4.78, 5) is 33.0. The van der Waals surface area contributed by atoms with E-state index in [4.69, 9.17) is 4.74 Å². The fourth-order valence-corrected chi connectivity index (χ4v) is 2.91. The number of benzene rings is 1. The maximum atomic E-state index is 13.1. The maximum absolute atomic E-state index is 13.1. The smallest absolute Gasteiger partial charge is 0.360 e. The topological polar surface area (TPSA) is 111 Å². The summed E-state index contributed by atoms with van der Waals surface area (Å²) in [5, 5.41) is 13.4. The molecule has 0 fully saturated rings. The molecule has 0 aliphatic rings. The van der Waals surface area contributed by atoms with E-state index in [1.165, 1.54) is 25.4 Å². The van der Waals surface area contributed by atoms with Crippen LogP contribution < -0.4 is 5.32 Å². The molecule has 2 heterocycles. The lowest BCUT2D eigenvalue weighted by Crippen LogP contribution is -2.28. The highest BCUT2D eigenvalue weighted by Crippen LogP contribution is 2.29. The number of aromatic nitrogens is 2. The van der Waals surface area contributed by atoms with Gasteiger partial charge < -0.3 is 19.9 Å². The van der Waals surface area contributed by atoms with Crippen LogP contribution in [0.25, 0.3) is 10.9 Å². The second kappa shape index (κ2) is 9.27. The van der Waals surface area contributed by atoms with Crippen LogP contribution in [0.4, 0.5) is 4.39 Å². The number of carbonyl (C=O) groups is 2. The van der Waals surface area contributed by atoms with Crippen LogP contribution >= 0.6 is 0 Å². The van der Waals surface area contributed by atoms with E-state index in [1.54, 1.807) is 18.2 Å². The van der Waals surface area contributed by atoms with Crippen LogP contribution in [0.2, 0.25) is 0 Å². The summed E-state index contributed by atoms with van der Waals surface area (Å²) in [6.45, 7) is 0.523. The summed E-state index contributed by atoms with van der Waals surface area (Å²) in [5.74, 6) is -2.26. The predicted molar refractivity (Wildman–Crippen MR) is 106 cm³/mol. The molecule has 0 aliphatic heterocycles. The Balaban J connectivity index is 2.08. The number of hydrogen-bond donors (Lipinski definition) is 2. The first-order chi connectivity index (χ1) is 14.4. The van der Waals surface area contributed by atoms with Crippen LogP contribution in [0.1, 0.15) is 32.1 Å². The molecule has 0 atom stereocenters. The van der Waals surface area contributed by atoms with Gasteiger partial charge in [0.1, 0.15) is 17.0 Å². The largest absolute Gasteiger partial charge is 0.504 e. The van der Waals surface area contributed by atoms with E-state index in [-0.39, 0.29) is 29.0 Å². The SMILES string of the molecule is COCCNC(=O)c1nc(C(=O)OC)c(O)c2ncc(Cc3ccc(F)cc3)cc12. The highest BCUT2D eigenvalue weighted by Gasteiger charge is 2.24. The number of nitrogens with one attached hydrogen (secondary N) is 1. The van der Waals surface area contributed by atoms with Crippen molar-refractivity contribution < 1.29 is 28.6 Å². The Morgan fingerprint density at radius 2 is 1.87 bits per heavy atom. The van der Waals surface area contributed by atoms with Gasteiger partial charge in [-0.3, -0.25) is 9.78 Å². The first-order valence-electron chi connectivity index (χ1n) is 9.06. The van der Waals surface area contributed by atoms with E-state index >= 15 is 0 Å². The monoisotopic (exact) mass is 413 g/mol. The third kappa shape index (κ3) is 4.52. The standard InChI is InChI=1S/C21H20FN3O5/c1-29-8-7-23-20(27)17-15-10-13(9-12-3-5-14(22)6-4-12)11-24-16(15)19(26)18(25-17)21(28)30-2/h3-6,10-11,26H,7-9H2,1-2H3,(H,23,27). The van der Waals surface area contributed by atoms with Crippen molar-refractivity contribution in [2.75, 3.05) is 27.4 Å². The fraction of sp³-hybridized carbons (Fsp3) is 0.238. The van der Waals surface area contributed by atoms with Crippen molar-refractivity contribution >= 4 is 22.8 Å². The van der Waals surface area contributed by atoms with Crippen molar-refractivity contribution in [2.24, 2.45) is 0 Å². The van der Waals surface area contributed by atoms with E-state index in [2.05, 4.69) is 20.0 Å². The van der Waals surface area contributed by atoms with Gasteiger partial charge in [0, 0.05) is 25.2 Å². The third-order valence-corrected chi connectivity index (χ3v) is 4.38. The van der Waals surface area contributed by atoms with Gasteiger partial charge in [-0.25, -0.2) is 14.2 Å². The molecule has 8 nitrogen and oxygen atoms in total. The summed E-state index contributed by atoms with van der Waals surface area (Å²) in [6, 6.07) is 7.66. The van der Waals surface area contributed by atoms with Crippen LogP contribution in [0.3, 0.4) is 0 Å². The minimum absolute atomic E-state index is 0.0464. The Bertz CT molecular complexity index is 1090. The number of rotatable bonds is 7. The Morgan fingerprint density at radius 1 is 1.13 bits per heavy atom. The number of amides is 1. The number of aromatic hydroxyl groups is 1. The molecule has 0 radical (unpaired) electrons. The van der Waals surface area contributed by atoms with E-state index in [0.29, 0.717) is 18.6 Å². The van der Waals surface area contributed by atoms with E-state index < -0.39 is 23.3 Å². The highest BCUT2D eigenvalue weighted by molar-refractivity contribution is 6.08. The third-order valence-electron chi connectivity index (χ3n) is 4.38. The fourth-order valence-electron chi connectivity index (χ4n) is 2.91. The Morgan fingerprint density at radius 3 is 2.53 bits per heavy atom. The van der Waals surface area contributed by atoms with E-state index in [1.807, 2.05) is 0 Å². The molecule has 0 unspecified atom stereocenters. The van der Waals surface area contributed by atoms with Gasteiger partial charge in [0.2, 0.25) is 0 Å². The average Bonchev–Trinajstić information content (AvgIpc) is 2.75. The predicted octanol–water partition coefficient (Wildman–Crippen LogP) is 2.23. The first-order valence-corrected chi connectivity index (χ1v) is 9.06. The van der Waals surface area contributed by atoms with E-state index in [0.717, 1.165) is 12.7 Å². The molecule has 0 bridgehead atoms. The van der Waals surface area contributed by atoms with Gasteiger partial charge in [0.25, 0.3) is 5.91 Å². The van der Waals surface area contributed by atoms with Gasteiger partial charge in [-0.05, 0) is 35.7 Å². The maximum Gasteiger partial charge on any atom is 0.360 e. The molecule has 3 rings (SSSR count). The second-order valence-corrected chi connectivity index (χ2v) is 6.44.